The first-order chi connectivity index (χ1) is 14.0. The number of pyridine rings is 1. The molecule has 0 saturated heterocycles. The van der Waals surface area contributed by atoms with Gasteiger partial charge in [-0.05, 0) is 37.1 Å². The number of carbonyl (C=O) groups is 1. The summed E-state index contributed by atoms with van der Waals surface area (Å²) in [6.07, 6.45) is 0.551. The molecule has 0 radical (unpaired) electrons. The molecule has 2 aromatic carbocycles. The maximum atomic E-state index is 13.3. The lowest BCUT2D eigenvalue weighted by atomic mass is 10.0. The lowest BCUT2D eigenvalue weighted by molar-refractivity contribution is 0.0955. The SMILES string of the molecule is Cc1nn(C)c2nc(-c3ccccc3)cc(C(=O)NCCc3cccc(F)c3)c12. The summed E-state index contributed by atoms with van der Waals surface area (Å²) in [7, 11) is 1.82. The highest BCUT2D eigenvalue weighted by Gasteiger charge is 2.19. The molecule has 2 aromatic heterocycles. The van der Waals surface area contributed by atoms with Crippen molar-refractivity contribution < 1.29 is 9.18 Å². The zero-order chi connectivity index (χ0) is 20.4. The van der Waals surface area contributed by atoms with Crippen molar-refractivity contribution in [3.8, 4) is 11.3 Å². The van der Waals surface area contributed by atoms with Gasteiger partial charge in [0.1, 0.15) is 5.82 Å². The molecule has 0 spiro atoms. The Morgan fingerprint density at radius 2 is 1.90 bits per heavy atom. The third kappa shape index (κ3) is 3.87. The Morgan fingerprint density at radius 3 is 2.66 bits per heavy atom. The molecule has 4 aromatic rings. The van der Waals surface area contributed by atoms with Crippen LogP contribution >= 0.6 is 0 Å². The van der Waals surface area contributed by atoms with Crippen LogP contribution in [-0.2, 0) is 13.5 Å². The van der Waals surface area contributed by atoms with Crippen LogP contribution in [0.5, 0.6) is 0 Å². The van der Waals surface area contributed by atoms with Crippen LogP contribution in [0.4, 0.5) is 4.39 Å². The topological polar surface area (TPSA) is 59.8 Å². The molecule has 0 fully saturated rings. The minimum Gasteiger partial charge on any atom is -0.352 e. The lowest BCUT2D eigenvalue weighted by Gasteiger charge is -2.10. The van der Waals surface area contributed by atoms with Crippen molar-refractivity contribution in [1.82, 2.24) is 20.1 Å². The summed E-state index contributed by atoms with van der Waals surface area (Å²) in [5.74, 6) is -0.467. The maximum absolute atomic E-state index is 13.3. The molecule has 0 atom stereocenters. The molecule has 4 rings (SSSR count). The average molecular weight is 388 g/mol. The predicted molar refractivity (Wildman–Crippen MR) is 111 cm³/mol. The number of aromatic nitrogens is 3. The zero-order valence-electron chi connectivity index (χ0n) is 16.3. The molecule has 146 valence electrons. The summed E-state index contributed by atoms with van der Waals surface area (Å²) in [6.45, 7) is 2.28. The van der Waals surface area contributed by atoms with Crippen molar-refractivity contribution in [2.75, 3.05) is 6.54 Å². The van der Waals surface area contributed by atoms with Gasteiger partial charge in [-0.3, -0.25) is 9.48 Å². The van der Waals surface area contributed by atoms with Gasteiger partial charge in [-0.1, -0.05) is 42.5 Å². The number of nitrogens with one attached hydrogen (secondary N) is 1. The highest BCUT2D eigenvalue weighted by atomic mass is 19.1. The molecule has 5 nitrogen and oxygen atoms in total. The third-order valence-corrected chi connectivity index (χ3v) is 4.87. The molecule has 29 heavy (non-hydrogen) atoms. The first-order valence-corrected chi connectivity index (χ1v) is 9.45. The largest absolute Gasteiger partial charge is 0.352 e. The number of hydrogen-bond acceptors (Lipinski definition) is 3. The molecule has 1 N–H and O–H groups in total. The number of aryl methyl sites for hydroxylation is 2. The van der Waals surface area contributed by atoms with Crippen molar-refractivity contribution in [3.05, 3.63) is 83.3 Å². The van der Waals surface area contributed by atoms with E-state index in [0.717, 1.165) is 27.9 Å². The highest BCUT2D eigenvalue weighted by molar-refractivity contribution is 6.07. The van der Waals surface area contributed by atoms with Crippen LogP contribution in [0.3, 0.4) is 0 Å². The zero-order valence-corrected chi connectivity index (χ0v) is 16.3. The number of fused-ring (bicyclic) bond motifs is 1. The fourth-order valence-electron chi connectivity index (χ4n) is 3.49. The van der Waals surface area contributed by atoms with Crippen molar-refractivity contribution in [2.45, 2.75) is 13.3 Å². The van der Waals surface area contributed by atoms with E-state index in [0.29, 0.717) is 24.2 Å². The Balaban J connectivity index is 1.65. The van der Waals surface area contributed by atoms with Crippen LogP contribution in [0, 0.1) is 12.7 Å². The van der Waals surface area contributed by atoms with E-state index in [2.05, 4.69) is 10.4 Å². The van der Waals surface area contributed by atoms with Gasteiger partial charge in [-0.25, -0.2) is 9.37 Å². The Labute approximate surface area is 168 Å². The number of nitrogens with zero attached hydrogens (tertiary/aromatic N) is 3. The van der Waals surface area contributed by atoms with E-state index in [-0.39, 0.29) is 11.7 Å². The molecular weight excluding hydrogens is 367 g/mol. The first kappa shape index (κ1) is 18.8. The number of benzene rings is 2. The maximum Gasteiger partial charge on any atom is 0.252 e. The molecule has 0 unspecified atom stereocenters. The molecule has 6 heteroatoms. The summed E-state index contributed by atoms with van der Waals surface area (Å²) in [6, 6.07) is 18.0. The normalized spacial score (nSPS) is 11.0. The summed E-state index contributed by atoms with van der Waals surface area (Å²) < 4.78 is 15.0. The number of hydrogen-bond donors (Lipinski definition) is 1. The summed E-state index contributed by atoms with van der Waals surface area (Å²) >= 11 is 0. The Morgan fingerprint density at radius 1 is 1.10 bits per heavy atom. The summed E-state index contributed by atoms with van der Waals surface area (Å²) in [4.78, 5) is 17.7. The van der Waals surface area contributed by atoms with E-state index in [1.54, 1.807) is 10.7 Å². The minimum atomic E-state index is -0.275. The van der Waals surface area contributed by atoms with Gasteiger partial charge in [0.2, 0.25) is 0 Å². The lowest BCUT2D eigenvalue weighted by Crippen LogP contribution is -2.26. The van der Waals surface area contributed by atoms with Gasteiger partial charge in [0.25, 0.3) is 5.91 Å². The monoisotopic (exact) mass is 388 g/mol. The molecule has 0 aliphatic heterocycles. The van der Waals surface area contributed by atoms with Gasteiger partial charge in [-0.2, -0.15) is 5.10 Å². The number of rotatable bonds is 5. The van der Waals surface area contributed by atoms with Crippen LogP contribution in [0.15, 0.2) is 60.7 Å². The van der Waals surface area contributed by atoms with E-state index >= 15 is 0 Å². The number of carbonyl (C=O) groups excluding carboxylic acids is 1. The second kappa shape index (κ2) is 7.83. The van der Waals surface area contributed by atoms with Crippen LogP contribution in [0.1, 0.15) is 21.6 Å². The van der Waals surface area contributed by atoms with E-state index in [1.165, 1.54) is 12.1 Å². The molecule has 0 saturated carbocycles. The minimum absolute atomic E-state index is 0.193. The first-order valence-electron chi connectivity index (χ1n) is 9.45. The van der Waals surface area contributed by atoms with Gasteiger partial charge in [0.15, 0.2) is 5.65 Å². The second-order valence-corrected chi connectivity index (χ2v) is 6.96. The van der Waals surface area contributed by atoms with E-state index < -0.39 is 0 Å². The molecule has 2 heterocycles. The van der Waals surface area contributed by atoms with Crippen molar-refractivity contribution in [2.24, 2.45) is 7.05 Å². The fraction of sp³-hybridized carbons (Fsp3) is 0.174. The Kier molecular flexibility index (Phi) is 5.08. The smallest absolute Gasteiger partial charge is 0.252 e. The van der Waals surface area contributed by atoms with Crippen molar-refractivity contribution in [1.29, 1.82) is 0 Å². The van der Waals surface area contributed by atoms with Crippen LogP contribution in [0.2, 0.25) is 0 Å². The Bertz CT molecular complexity index is 1180. The second-order valence-electron chi connectivity index (χ2n) is 6.96. The molecule has 0 aliphatic carbocycles. The quantitative estimate of drug-likeness (QED) is 0.561. The van der Waals surface area contributed by atoms with Crippen molar-refractivity contribution >= 4 is 16.9 Å². The van der Waals surface area contributed by atoms with Gasteiger partial charge < -0.3 is 5.32 Å². The van der Waals surface area contributed by atoms with E-state index in [4.69, 9.17) is 4.98 Å². The highest BCUT2D eigenvalue weighted by Crippen LogP contribution is 2.26. The third-order valence-electron chi connectivity index (χ3n) is 4.87. The van der Waals surface area contributed by atoms with Gasteiger partial charge in [0, 0.05) is 19.2 Å². The van der Waals surface area contributed by atoms with Gasteiger partial charge >= 0.3 is 0 Å². The van der Waals surface area contributed by atoms with Gasteiger partial charge in [0.05, 0.1) is 22.3 Å². The fourth-order valence-corrected chi connectivity index (χ4v) is 3.49. The average Bonchev–Trinajstić information content (AvgIpc) is 3.02. The molecular formula is C23H21FN4O. The molecule has 0 bridgehead atoms. The standard InChI is InChI=1S/C23H21FN4O/c1-15-21-19(23(29)25-12-11-16-7-6-10-18(24)13-16)14-20(17-8-4-3-5-9-17)26-22(21)28(2)27-15/h3-10,13-14H,11-12H2,1-2H3,(H,25,29). The predicted octanol–water partition coefficient (Wildman–Crippen LogP) is 4.06. The van der Waals surface area contributed by atoms with E-state index in [9.17, 15) is 9.18 Å². The van der Waals surface area contributed by atoms with E-state index in [1.807, 2.05) is 56.4 Å². The molecule has 0 aliphatic rings. The van der Waals surface area contributed by atoms with Crippen LogP contribution in [0.25, 0.3) is 22.3 Å². The van der Waals surface area contributed by atoms with Crippen LogP contribution in [-0.4, -0.2) is 27.2 Å². The summed E-state index contributed by atoms with van der Waals surface area (Å²) in [5, 5.41) is 8.13. The molecule has 1 amide bonds. The van der Waals surface area contributed by atoms with Crippen LogP contribution < -0.4 is 5.32 Å². The number of amides is 1. The Hall–Kier alpha value is -3.54. The van der Waals surface area contributed by atoms with Gasteiger partial charge in [-0.15, -0.1) is 0 Å². The number of halogens is 1. The van der Waals surface area contributed by atoms with Crippen molar-refractivity contribution in [3.63, 3.8) is 0 Å². The summed E-state index contributed by atoms with van der Waals surface area (Å²) in [5.41, 5.74) is 4.45.